The van der Waals surface area contributed by atoms with Crippen LogP contribution in [0.1, 0.15) is 23.9 Å². The monoisotopic (exact) mass is 263 g/mol. The number of rotatable bonds is 4. The number of anilines is 1. The molecule has 0 spiro atoms. The summed E-state index contributed by atoms with van der Waals surface area (Å²) in [6.07, 6.45) is 0.858. The molecule has 0 bridgehead atoms. The number of nitrogens with zero attached hydrogens (tertiary/aromatic N) is 2. The average Bonchev–Trinajstić information content (AvgIpc) is 2.64. The zero-order valence-electron chi connectivity index (χ0n) is 11.0. The second-order valence-corrected chi connectivity index (χ2v) is 4.73. The van der Waals surface area contributed by atoms with Gasteiger partial charge in [-0.05, 0) is 25.0 Å². The Kier molecular flexibility index (Phi) is 3.92. The van der Waals surface area contributed by atoms with E-state index in [0.717, 1.165) is 28.5 Å². The van der Waals surface area contributed by atoms with Crippen molar-refractivity contribution in [2.45, 2.75) is 26.8 Å². The maximum atomic E-state index is 6.31. The first-order valence-electron chi connectivity index (χ1n) is 6.13. The summed E-state index contributed by atoms with van der Waals surface area (Å²) in [4.78, 5) is 0. The normalized spacial score (nSPS) is 10.7. The Hall–Kier alpha value is -1.48. The van der Waals surface area contributed by atoms with Gasteiger partial charge in [0.25, 0.3) is 0 Å². The lowest BCUT2D eigenvalue weighted by molar-refractivity contribution is 0.707. The molecule has 0 aliphatic carbocycles. The summed E-state index contributed by atoms with van der Waals surface area (Å²) in [5, 5.41) is 8.59. The maximum absolute atomic E-state index is 6.31. The Balaban J connectivity index is 2.16. The molecule has 0 radical (unpaired) electrons. The van der Waals surface area contributed by atoms with Crippen molar-refractivity contribution in [2.24, 2.45) is 7.05 Å². The first-order valence-corrected chi connectivity index (χ1v) is 6.51. The number of aryl methyl sites for hydroxylation is 3. The standard InChI is InChI=1S/C14H18ClN3/c1-4-11-14(15)13(18(3)17-11)9-16-12-8-6-5-7-10(12)2/h5-8,16H,4,9H2,1-3H3. The molecule has 0 amide bonds. The Labute approximate surface area is 113 Å². The largest absolute Gasteiger partial charge is 0.379 e. The van der Waals surface area contributed by atoms with Crippen LogP contribution >= 0.6 is 11.6 Å². The molecule has 2 aromatic rings. The molecule has 1 aromatic heterocycles. The minimum atomic E-state index is 0.688. The van der Waals surface area contributed by atoms with E-state index in [0.29, 0.717) is 6.54 Å². The molecule has 1 N–H and O–H groups in total. The van der Waals surface area contributed by atoms with E-state index in [4.69, 9.17) is 11.6 Å². The van der Waals surface area contributed by atoms with Crippen LogP contribution in [0.4, 0.5) is 5.69 Å². The third kappa shape index (κ3) is 2.51. The summed E-state index contributed by atoms with van der Waals surface area (Å²) in [6, 6.07) is 8.22. The van der Waals surface area contributed by atoms with Crippen molar-refractivity contribution in [3.8, 4) is 0 Å². The SMILES string of the molecule is CCc1nn(C)c(CNc2ccccc2C)c1Cl. The van der Waals surface area contributed by atoms with Crippen molar-refractivity contribution >= 4 is 17.3 Å². The summed E-state index contributed by atoms with van der Waals surface area (Å²) >= 11 is 6.31. The van der Waals surface area contributed by atoms with E-state index in [1.54, 1.807) is 0 Å². The first-order chi connectivity index (χ1) is 8.63. The second kappa shape index (κ2) is 5.44. The zero-order valence-corrected chi connectivity index (χ0v) is 11.8. The van der Waals surface area contributed by atoms with E-state index in [2.05, 4.69) is 36.4 Å². The number of hydrogen-bond acceptors (Lipinski definition) is 2. The van der Waals surface area contributed by atoms with Gasteiger partial charge in [0.05, 0.1) is 23.0 Å². The van der Waals surface area contributed by atoms with Crippen LogP contribution in [0.25, 0.3) is 0 Å². The number of benzene rings is 1. The highest BCUT2D eigenvalue weighted by Crippen LogP contribution is 2.22. The van der Waals surface area contributed by atoms with Crippen LogP contribution < -0.4 is 5.32 Å². The molecule has 0 aliphatic heterocycles. The number of halogens is 1. The zero-order chi connectivity index (χ0) is 13.1. The number of nitrogens with one attached hydrogen (secondary N) is 1. The van der Waals surface area contributed by atoms with Crippen LogP contribution in [-0.2, 0) is 20.0 Å². The van der Waals surface area contributed by atoms with E-state index in [1.807, 2.05) is 23.9 Å². The summed E-state index contributed by atoms with van der Waals surface area (Å²) in [5.41, 5.74) is 4.34. The van der Waals surface area contributed by atoms with Crippen LogP contribution in [-0.4, -0.2) is 9.78 Å². The van der Waals surface area contributed by atoms with Gasteiger partial charge in [-0.25, -0.2) is 0 Å². The quantitative estimate of drug-likeness (QED) is 0.914. The Morgan fingerprint density at radius 2 is 2.06 bits per heavy atom. The number of aromatic nitrogens is 2. The molecule has 18 heavy (non-hydrogen) atoms. The van der Waals surface area contributed by atoms with Crippen LogP contribution in [0.5, 0.6) is 0 Å². The third-order valence-corrected chi connectivity index (χ3v) is 3.53. The van der Waals surface area contributed by atoms with Gasteiger partial charge >= 0.3 is 0 Å². The molecule has 0 saturated heterocycles. The fourth-order valence-electron chi connectivity index (χ4n) is 1.96. The summed E-state index contributed by atoms with van der Waals surface area (Å²) in [5.74, 6) is 0. The lowest BCUT2D eigenvalue weighted by Gasteiger charge is -2.09. The highest BCUT2D eigenvalue weighted by atomic mass is 35.5. The molecule has 3 nitrogen and oxygen atoms in total. The van der Waals surface area contributed by atoms with Crippen molar-refractivity contribution in [1.82, 2.24) is 9.78 Å². The minimum absolute atomic E-state index is 0.688. The van der Waals surface area contributed by atoms with Gasteiger partial charge in [-0.15, -0.1) is 0 Å². The van der Waals surface area contributed by atoms with Gasteiger partial charge in [0.2, 0.25) is 0 Å². The van der Waals surface area contributed by atoms with Crippen LogP contribution in [0.15, 0.2) is 24.3 Å². The molecule has 1 aromatic carbocycles. The van der Waals surface area contributed by atoms with E-state index < -0.39 is 0 Å². The Morgan fingerprint density at radius 1 is 1.33 bits per heavy atom. The molecule has 0 aliphatic rings. The lowest BCUT2D eigenvalue weighted by Crippen LogP contribution is -2.06. The van der Waals surface area contributed by atoms with Crippen LogP contribution in [0.3, 0.4) is 0 Å². The predicted molar refractivity (Wildman–Crippen MR) is 76.1 cm³/mol. The molecule has 0 fully saturated rings. The fraction of sp³-hybridized carbons (Fsp3) is 0.357. The fourth-order valence-corrected chi connectivity index (χ4v) is 2.32. The molecule has 2 rings (SSSR count). The van der Waals surface area contributed by atoms with E-state index >= 15 is 0 Å². The van der Waals surface area contributed by atoms with E-state index in [9.17, 15) is 0 Å². The van der Waals surface area contributed by atoms with Gasteiger partial charge < -0.3 is 5.32 Å². The molecule has 0 atom stereocenters. The first kappa shape index (κ1) is 13.0. The molecule has 0 unspecified atom stereocenters. The summed E-state index contributed by atoms with van der Waals surface area (Å²) < 4.78 is 1.85. The number of hydrogen-bond donors (Lipinski definition) is 1. The van der Waals surface area contributed by atoms with Crippen LogP contribution in [0, 0.1) is 6.92 Å². The average molecular weight is 264 g/mol. The topological polar surface area (TPSA) is 29.9 Å². The van der Waals surface area contributed by atoms with Crippen molar-refractivity contribution in [3.05, 3.63) is 46.2 Å². The number of para-hydroxylation sites is 1. The van der Waals surface area contributed by atoms with E-state index in [-0.39, 0.29) is 0 Å². The molecular formula is C14H18ClN3. The highest BCUT2D eigenvalue weighted by Gasteiger charge is 2.12. The summed E-state index contributed by atoms with van der Waals surface area (Å²) in [7, 11) is 1.93. The molecule has 0 saturated carbocycles. The highest BCUT2D eigenvalue weighted by molar-refractivity contribution is 6.31. The Bertz CT molecular complexity index is 546. The maximum Gasteiger partial charge on any atom is 0.0868 e. The second-order valence-electron chi connectivity index (χ2n) is 4.35. The summed E-state index contributed by atoms with van der Waals surface area (Å²) in [6.45, 7) is 4.84. The van der Waals surface area contributed by atoms with Gasteiger partial charge in [-0.3, -0.25) is 4.68 Å². The van der Waals surface area contributed by atoms with Crippen molar-refractivity contribution < 1.29 is 0 Å². The molecule has 96 valence electrons. The van der Waals surface area contributed by atoms with Gasteiger partial charge in [-0.2, -0.15) is 5.10 Å². The van der Waals surface area contributed by atoms with Gasteiger partial charge in [0, 0.05) is 12.7 Å². The van der Waals surface area contributed by atoms with Crippen LogP contribution in [0.2, 0.25) is 5.02 Å². The van der Waals surface area contributed by atoms with Gasteiger partial charge in [0.1, 0.15) is 0 Å². The molecule has 4 heteroatoms. The van der Waals surface area contributed by atoms with Crippen molar-refractivity contribution in [1.29, 1.82) is 0 Å². The third-order valence-electron chi connectivity index (χ3n) is 3.09. The predicted octanol–water partition coefficient (Wildman–Crippen LogP) is 3.56. The lowest BCUT2D eigenvalue weighted by atomic mass is 10.2. The van der Waals surface area contributed by atoms with Crippen molar-refractivity contribution in [3.63, 3.8) is 0 Å². The van der Waals surface area contributed by atoms with E-state index in [1.165, 1.54) is 5.56 Å². The minimum Gasteiger partial charge on any atom is -0.379 e. The molecular weight excluding hydrogens is 246 g/mol. The molecule has 1 heterocycles. The smallest absolute Gasteiger partial charge is 0.0868 e. The van der Waals surface area contributed by atoms with Gasteiger partial charge in [-0.1, -0.05) is 36.7 Å². The van der Waals surface area contributed by atoms with Crippen molar-refractivity contribution in [2.75, 3.05) is 5.32 Å². The Morgan fingerprint density at radius 3 is 2.67 bits per heavy atom. The van der Waals surface area contributed by atoms with Gasteiger partial charge in [0.15, 0.2) is 0 Å².